The SMILES string of the molecule is CC(C)C1CCCCC1NS(=O)(=O)c1cccnc1N. The number of anilines is 1. The lowest BCUT2D eigenvalue weighted by molar-refractivity contribution is 0.226. The van der Waals surface area contributed by atoms with Crippen molar-refractivity contribution in [2.24, 2.45) is 11.8 Å². The lowest BCUT2D eigenvalue weighted by Crippen LogP contribution is -2.44. The number of pyridine rings is 1. The van der Waals surface area contributed by atoms with Crippen LogP contribution in [0.4, 0.5) is 5.82 Å². The Hall–Kier alpha value is -1.14. The monoisotopic (exact) mass is 297 g/mol. The van der Waals surface area contributed by atoms with Crippen molar-refractivity contribution in [2.45, 2.75) is 50.5 Å². The van der Waals surface area contributed by atoms with E-state index in [4.69, 9.17) is 5.73 Å². The summed E-state index contributed by atoms with van der Waals surface area (Å²) in [6, 6.07) is 3.08. The zero-order chi connectivity index (χ0) is 14.8. The number of hydrogen-bond donors (Lipinski definition) is 2. The second kappa shape index (κ2) is 6.10. The van der Waals surface area contributed by atoms with Gasteiger partial charge in [-0.25, -0.2) is 18.1 Å². The van der Waals surface area contributed by atoms with E-state index in [1.54, 1.807) is 6.07 Å². The molecule has 1 aliphatic carbocycles. The predicted molar refractivity (Wildman–Crippen MR) is 79.6 cm³/mol. The van der Waals surface area contributed by atoms with Gasteiger partial charge in [0.2, 0.25) is 10.0 Å². The fraction of sp³-hybridized carbons (Fsp3) is 0.643. The van der Waals surface area contributed by atoms with E-state index in [-0.39, 0.29) is 16.8 Å². The summed E-state index contributed by atoms with van der Waals surface area (Å²) in [6.45, 7) is 4.30. The summed E-state index contributed by atoms with van der Waals surface area (Å²) in [5.74, 6) is 0.905. The second-order valence-corrected chi connectivity index (χ2v) is 7.49. The molecule has 0 spiro atoms. The Labute approximate surface area is 121 Å². The first-order valence-corrected chi connectivity index (χ1v) is 8.63. The summed E-state index contributed by atoms with van der Waals surface area (Å²) in [6.07, 6.45) is 5.70. The molecule has 2 unspecified atom stereocenters. The van der Waals surface area contributed by atoms with Gasteiger partial charge < -0.3 is 5.73 Å². The van der Waals surface area contributed by atoms with E-state index in [9.17, 15) is 8.42 Å². The molecule has 112 valence electrons. The molecule has 1 fully saturated rings. The molecule has 0 saturated heterocycles. The highest BCUT2D eigenvalue weighted by Gasteiger charge is 2.31. The van der Waals surface area contributed by atoms with Crippen LogP contribution in [0.5, 0.6) is 0 Å². The largest absolute Gasteiger partial charge is 0.383 e. The first-order chi connectivity index (χ1) is 9.42. The third-order valence-corrected chi connectivity index (χ3v) is 5.61. The number of hydrogen-bond acceptors (Lipinski definition) is 4. The van der Waals surface area contributed by atoms with Gasteiger partial charge in [0.1, 0.15) is 10.7 Å². The standard InChI is InChI=1S/C14H23N3O2S/c1-10(2)11-6-3-4-7-12(11)17-20(18,19)13-8-5-9-16-14(13)15/h5,8-12,17H,3-4,6-7H2,1-2H3,(H2,15,16). The predicted octanol–water partition coefficient (Wildman–Crippen LogP) is 2.16. The Kier molecular flexibility index (Phi) is 4.65. The molecule has 1 heterocycles. The average molecular weight is 297 g/mol. The molecule has 2 rings (SSSR count). The van der Waals surface area contributed by atoms with E-state index < -0.39 is 10.0 Å². The summed E-state index contributed by atoms with van der Waals surface area (Å²) in [5.41, 5.74) is 5.68. The van der Waals surface area contributed by atoms with Crippen LogP contribution in [0, 0.1) is 11.8 Å². The minimum atomic E-state index is -3.59. The van der Waals surface area contributed by atoms with Crippen molar-refractivity contribution in [1.29, 1.82) is 0 Å². The van der Waals surface area contributed by atoms with Crippen LogP contribution in [0.25, 0.3) is 0 Å². The van der Waals surface area contributed by atoms with Crippen LogP contribution in [-0.4, -0.2) is 19.4 Å². The molecule has 0 aromatic carbocycles. The molecule has 2 atom stereocenters. The molecule has 1 saturated carbocycles. The first kappa shape index (κ1) is 15.3. The highest BCUT2D eigenvalue weighted by Crippen LogP contribution is 2.31. The lowest BCUT2D eigenvalue weighted by atomic mass is 9.78. The van der Waals surface area contributed by atoms with Gasteiger partial charge in [-0.15, -0.1) is 0 Å². The number of sulfonamides is 1. The fourth-order valence-electron chi connectivity index (χ4n) is 3.00. The Morgan fingerprint density at radius 1 is 1.35 bits per heavy atom. The number of nitrogens with one attached hydrogen (secondary N) is 1. The van der Waals surface area contributed by atoms with Gasteiger partial charge in [-0.2, -0.15) is 0 Å². The van der Waals surface area contributed by atoms with Crippen LogP contribution in [0.1, 0.15) is 39.5 Å². The normalized spacial score (nSPS) is 23.9. The van der Waals surface area contributed by atoms with Gasteiger partial charge in [-0.1, -0.05) is 26.7 Å². The van der Waals surface area contributed by atoms with Crippen LogP contribution >= 0.6 is 0 Å². The fourth-order valence-corrected chi connectivity index (χ4v) is 4.40. The molecule has 0 bridgehead atoms. The second-order valence-electron chi connectivity index (χ2n) is 5.81. The van der Waals surface area contributed by atoms with Crippen molar-refractivity contribution in [1.82, 2.24) is 9.71 Å². The molecule has 1 aliphatic rings. The molecule has 20 heavy (non-hydrogen) atoms. The topological polar surface area (TPSA) is 85.1 Å². The molecule has 3 N–H and O–H groups in total. The zero-order valence-corrected chi connectivity index (χ0v) is 12.9. The van der Waals surface area contributed by atoms with E-state index >= 15 is 0 Å². The van der Waals surface area contributed by atoms with Crippen molar-refractivity contribution >= 4 is 15.8 Å². The van der Waals surface area contributed by atoms with Gasteiger partial charge in [-0.05, 0) is 36.8 Å². The van der Waals surface area contributed by atoms with E-state index in [2.05, 4.69) is 23.6 Å². The minimum Gasteiger partial charge on any atom is -0.383 e. The van der Waals surface area contributed by atoms with E-state index in [0.717, 1.165) is 19.3 Å². The van der Waals surface area contributed by atoms with Gasteiger partial charge in [0.25, 0.3) is 0 Å². The maximum Gasteiger partial charge on any atom is 0.244 e. The molecule has 0 radical (unpaired) electrons. The van der Waals surface area contributed by atoms with Crippen molar-refractivity contribution in [3.8, 4) is 0 Å². The Bertz CT molecular complexity index is 557. The van der Waals surface area contributed by atoms with Gasteiger partial charge in [-0.3, -0.25) is 0 Å². The average Bonchev–Trinajstić information content (AvgIpc) is 2.39. The molecule has 5 nitrogen and oxygen atoms in total. The number of nitrogens with zero attached hydrogens (tertiary/aromatic N) is 1. The van der Waals surface area contributed by atoms with Gasteiger partial charge in [0, 0.05) is 12.2 Å². The molecular weight excluding hydrogens is 274 g/mol. The summed E-state index contributed by atoms with van der Waals surface area (Å²) in [7, 11) is -3.59. The van der Waals surface area contributed by atoms with Crippen molar-refractivity contribution in [2.75, 3.05) is 5.73 Å². The van der Waals surface area contributed by atoms with Gasteiger partial charge in [0.15, 0.2) is 0 Å². The number of aromatic nitrogens is 1. The summed E-state index contributed by atoms with van der Waals surface area (Å²) >= 11 is 0. The molecule has 0 aliphatic heterocycles. The smallest absolute Gasteiger partial charge is 0.244 e. The highest BCUT2D eigenvalue weighted by atomic mass is 32.2. The van der Waals surface area contributed by atoms with Crippen LogP contribution in [0.2, 0.25) is 0 Å². The summed E-state index contributed by atoms with van der Waals surface area (Å²) in [5, 5.41) is 0. The van der Waals surface area contributed by atoms with Crippen LogP contribution in [0.3, 0.4) is 0 Å². The Morgan fingerprint density at radius 2 is 2.05 bits per heavy atom. The third-order valence-electron chi connectivity index (χ3n) is 4.07. The summed E-state index contributed by atoms with van der Waals surface area (Å²) < 4.78 is 27.8. The Morgan fingerprint density at radius 3 is 2.70 bits per heavy atom. The maximum atomic E-state index is 12.5. The summed E-state index contributed by atoms with van der Waals surface area (Å²) in [4.78, 5) is 3.93. The number of nitrogens with two attached hydrogens (primary N) is 1. The van der Waals surface area contributed by atoms with Crippen molar-refractivity contribution < 1.29 is 8.42 Å². The highest BCUT2D eigenvalue weighted by molar-refractivity contribution is 7.89. The third kappa shape index (κ3) is 3.30. The van der Waals surface area contributed by atoms with Crippen molar-refractivity contribution in [3.63, 3.8) is 0 Å². The van der Waals surface area contributed by atoms with Crippen LogP contribution in [0.15, 0.2) is 23.2 Å². The number of rotatable bonds is 4. The van der Waals surface area contributed by atoms with Gasteiger partial charge >= 0.3 is 0 Å². The van der Waals surface area contributed by atoms with Crippen LogP contribution in [-0.2, 0) is 10.0 Å². The maximum absolute atomic E-state index is 12.5. The zero-order valence-electron chi connectivity index (χ0n) is 12.0. The molecule has 6 heteroatoms. The molecular formula is C14H23N3O2S. The number of nitrogen functional groups attached to an aromatic ring is 1. The quantitative estimate of drug-likeness (QED) is 0.891. The minimum absolute atomic E-state index is 0.00615. The van der Waals surface area contributed by atoms with E-state index in [0.29, 0.717) is 11.8 Å². The van der Waals surface area contributed by atoms with E-state index in [1.165, 1.54) is 18.7 Å². The Balaban J connectivity index is 2.21. The lowest BCUT2D eigenvalue weighted by Gasteiger charge is -2.34. The molecule has 1 aromatic heterocycles. The molecule has 0 amide bonds. The molecule has 1 aromatic rings. The van der Waals surface area contributed by atoms with Crippen molar-refractivity contribution in [3.05, 3.63) is 18.3 Å². The van der Waals surface area contributed by atoms with E-state index in [1.807, 2.05) is 0 Å². The van der Waals surface area contributed by atoms with Gasteiger partial charge in [0.05, 0.1) is 0 Å². The first-order valence-electron chi connectivity index (χ1n) is 7.14. The van der Waals surface area contributed by atoms with Crippen LogP contribution < -0.4 is 10.5 Å².